The Morgan fingerprint density at radius 2 is 1.33 bits per heavy atom. The van der Waals surface area contributed by atoms with Crippen LogP contribution >= 0.6 is 0 Å². The number of imide groups is 1. The SMILES string of the molecule is COc1ccc(OC)c(NC(=O)COC(=O)[C@@H](C(C)C)N2C(=O)[C@@H]3C4c5ccccc5C(c5ccccc54)[C@@H]3C2=O)c1. The Morgan fingerprint density at radius 1 is 0.810 bits per heavy atom. The molecule has 1 aliphatic heterocycles. The van der Waals surface area contributed by atoms with E-state index in [1.807, 2.05) is 48.5 Å². The van der Waals surface area contributed by atoms with E-state index in [0.717, 1.165) is 27.2 Å². The summed E-state index contributed by atoms with van der Waals surface area (Å²) in [7, 11) is 2.97. The molecule has 7 rings (SSSR count). The van der Waals surface area contributed by atoms with Gasteiger partial charge in [-0.25, -0.2) is 4.79 Å². The Kier molecular flexibility index (Phi) is 6.96. The van der Waals surface area contributed by atoms with Gasteiger partial charge in [0.2, 0.25) is 11.8 Å². The normalized spacial score (nSPS) is 22.3. The number of likely N-dealkylation sites (tertiary alicyclic amines) is 1. The van der Waals surface area contributed by atoms with Crippen LogP contribution in [0.25, 0.3) is 0 Å². The zero-order valence-electron chi connectivity index (χ0n) is 23.8. The van der Waals surface area contributed by atoms with Crippen molar-refractivity contribution in [2.24, 2.45) is 17.8 Å². The van der Waals surface area contributed by atoms with Gasteiger partial charge in [0.25, 0.3) is 5.91 Å². The summed E-state index contributed by atoms with van der Waals surface area (Å²) >= 11 is 0. The number of ether oxygens (including phenoxy) is 3. The number of anilines is 1. The van der Waals surface area contributed by atoms with E-state index in [4.69, 9.17) is 14.2 Å². The summed E-state index contributed by atoms with van der Waals surface area (Å²) in [5.41, 5.74) is 4.57. The molecular weight excluding hydrogens is 536 g/mol. The fourth-order valence-corrected chi connectivity index (χ4v) is 6.97. The number of nitrogens with one attached hydrogen (secondary N) is 1. The second-order valence-electron chi connectivity index (χ2n) is 11.2. The predicted molar refractivity (Wildman–Crippen MR) is 153 cm³/mol. The lowest BCUT2D eigenvalue weighted by Gasteiger charge is -2.45. The third-order valence-electron chi connectivity index (χ3n) is 8.66. The van der Waals surface area contributed by atoms with Crippen LogP contribution in [0.1, 0.15) is 47.9 Å². The van der Waals surface area contributed by atoms with Gasteiger partial charge in [-0.2, -0.15) is 0 Å². The van der Waals surface area contributed by atoms with E-state index in [0.29, 0.717) is 17.2 Å². The van der Waals surface area contributed by atoms with Crippen LogP contribution in [0, 0.1) is 17.8 Å². The van der Waals surface area contributed by atoms with E-state index in [1.54, 1.807) is 32.0 Å². The molecular formula is C33H32N2O7. The van der Waals surface area contributed by atoms with Crippen LogP contribution in [-0.2, 0) is 23.9 Å². The molecule has 9 heteroatoms. The largest absolute Gasteiger partial charge is 0.497 e. The minimum absolute atomic E-state index is 0.277. The van der Waals surface area contributed by atoms with Gasteiger partial charge >= 0.3 is 5.97 Å². The van der Waals surface area contributed by atoms with Crippen molar-refractivity contribution >= 4 is 29.4 Å². The van der Waals surface area contributed by atoms with E-state index in [1.165, 1.54) is 14.2 Å². The van der Waals surface area contributed by atoms with E-state index in [2.05, 4.69) is 5.32 Å². The van der Waals surface area contributed by atoms with Gasteiger partial charge < -0.3 is 19.5 Å². The standard InChI is InChI=1S/C33H32N2O7/c1-17(2)30(33(39)42-16-25(36)34-23-15-18(40-3)13-14-24(23)41-4)35-31(37)28-26-19-9-5-6-10-20(19)27(29(28)32(35)38)22-12-8-7-11-21(22)26/h5-15,17,26-30H,16H2,1-4H3,(H,34,36)/t26?,27?,28-,29+,30-/m1/s1. The number of hydrogen-bond acceptors (Lipinski definition) is 7. The number of benzene rings is 3. The number of amides is 3. The lowest BCUT2D eigenvalue weighted by molar-refractivity contribution is -0.162. The minimum Gasteiger partial charge on any atom is -0.497 e. The van der Waals surface area contributed by atoms with Gasteiger partial charge in [-0.05, 0) is 40.3 Å². The minimum atomic E-state index is -1.17. The molecule has 3 aromatic rings. The second-order valence-corrected chi connectivity index (χ2v) is 11.2. The first-order valence-electron chi connectivity index (χ1n) is 14.0. The molecule has 9 nitrogen and oxygen atoms in total. The highest BCUT2D eigenvalue weighted by Gasteiger charge is 2.63. The summed E-state index contributed by atoms with van der Waals surface area (Å²) in [6.45, 7) is 2.91. The Labute approximate surface area is 243 Å². The quantitative estimate of drug-likeness (QED) is 0.322. The number of carbonyl (C=O) groups excluding carboxylic acids is 4. The van der Waals surface area contributed by atoms with Crippen molar-refractivity contribution in [3.8, 4) is 11.5 Å². The molecule has 3 atom stereocenters. The van der Waals surface area contributed by atoms with Crippen molar-refractivity contribution in [2.45, 2.75) is 31.7 Å². The van der Waals surface area contributed by atoms with Gasteiger partial charge in [0.1, 0.15) is 17.5 Å². The van der Waals surface area contributed by atoms with Gasteiger partial charge in [0.05, 0.1) is 31.7 Å². The maximum Gasteiger partial charge on any atom is 0.330 e. The van der Waals surface area contributed by atoms with E-state index >= 15 is 0 Å². The number of carbonyl (C=O) groups is 4. The molecule has 1 saturated heterocycles. The molecule has 216 valence electrons. The van der Waals surface area contributed by atoms with Crippen molar-refractivity contribution in [2.75, 3.05) is 26.1 Å². The van der Waals surface area contributed by atoms with Crippen LogP contribution in [0.15, 0.2) is 66.7 Å². The summed E-state index contributed by atoms with van der Waals surface area (Å²) < 4.78 is 15.9. The van der Waals surface area contributed by atoms with Crippen molar-refractivity contribution in [1.29, 1.82) is 0 Å². The molecule has 0 aromatic heterocycles. The van der Waals surface area contributed by atoms with Gasteiger partial charge in [0, 0.05) is 17.9 Å². The van der Waals surface area contributed by atoms with Gasteiger partial charge in [-0.1, -0.05) is 62.4 Å². The van der Waals surface area contributed by atoms with Gasteiger partial charge in [-0.15, -0.1) is 0 Å². The first kappa shape index (κ1) is 27.5. The first-order valence-corrected chi connectivity index (χ1v) is 14.0. The molecule has 0 saturated carbocycles. The Morgan fingerprint density at radius 3 is 1.79 bits per heavy atom. The molecule has 1 N–H and O–H groups in total. The summed E-state index contributed by atoms with van der Waals surface area (Å²) in [6, 6.07) is 19.7. The number of esters is 1. The fraction of sp³-hybridized carbons (Fsp3) is 0.333. The zero-order chi connectivity index (χ0) is 29.7. The maximum absolute atomic E-state index is 14.1. The van der Waals surface area contributed by atoms with Crippen molar-refractivity contribution in [3.63, 3.8) is 0 Å². The fourth-order valence-electron chi connectivity index (χ4n) is 6.97. The van der Waals surface area contributed by atoms with Crippen molar-refractivity contribution in [3.05, 3.63) is 89.0 Å². The maximum atomic E-state index is 14.1. The molecule has 3 amide bonds. The van der Waals surface area contributed by atoms with Crippen LogP contribution in [0.5, 0.6) is 11.5 Å². The first-order chi connectivity index (χ1) is 20.3. The zero-order valence-corrected chi connectivity index (χ0v) is 23.8. The molecule has 2 bridgehead atoms. The number of hydrogen-bond donors (Lipinski definition) is 1. The van der Waals surface area contributed by atoms with Gasteiger partial charge in [-0.3, -0.25) is 19.3 Å². The van der Waals surface area contributed by atoms with Crippen LogP contribution < -0.4 is 14.8 Å². The lowest BCUT2D eigenvalue weighted by atomic mass is 9.55. The van der Waals surface area contributed by atoms with Crippen LogP contribution in [0.2, 0.25) is 0 Å². The monoisotopic (exact) mass is 568 g/mol. The topological polar surface area (TPSA) is 111 Å². The molecule has 3 aliphatic carbocycles. The Balaban J connectivity index is 1.24. The summed E-state index contributed by atoms with van der Waals surface area (Å²) in [6.07, 6.45) is 0. The molecule has 0 unspecified atom stereocenters. The molecule has 1 fully saturated rings. The van der Waals surface area contributed by atoms with E-state index < -0.39 is 42.3 Å². The highest BCUT2D eigenvalue weighted by atomic mass is 16.5. The Bertz CT molecular complexity index is 1480. The third kappa shape index (κ3) is 4.22. The molecule has 42 heavy (non-hydrogen) atoms. The van der Waals surface area contributed by atoms with Gasteiger partial charge in [0.15, 0.2) is 6.61 Å². The summed E-state index contributed by atoms with van der Waals surface area (Å²) in [5, 5.41) is 2.66. The van der Waals surface area contributed by atoms with E-state index in [9.17, 15) is 19.2 Å². The highest BCUT2D eigenvalue weighted by molar-refractivity contribution is 6.10. The molecule has 4 aliphatic rings. The third-order valence-corrected chi connectivity index (χ3v) is 8.66. The van der Waals surface area contributed by atoms with Crippen molar-refractivity contribution in [1.82, 2.24) is 4.90 Å². The van der Waals surface area contributed by atoms with E-state index in [-0.39, 0.29) is 23.7 Å². The molecule has 1 heterocycles. The Hall–Kier alpha value is -4.66. The lowest BCUT2D eigenvalue weighted by Crippen LogP contribution is -2.49. The number of methoxy groups -OCH3 is 2. The average Bonchev–Trinajstić information content (AvgIpc) is 3.25. The number of rotatable bonds is 8. The second kappa shape index (κ2) is 10.6. The van der Waals surface area contributed by atoms with Crippen LogP contribution in [-0.4, -0.2) is 55.5 Å². The predicted octanol–water partition coefficient (Wildman–Crippen LogP) is 4.10. The number of nitrogens with zero attached hydrogens (tertiary/aromatic N) is 1. The van der Waals surface area contributed by atoms with Crippen LogP contribution in [0.3, 0.4) is 0 Å². The smallest absolute Gasteiger partial charge is 0.330 e. The summed E-state index contributed by atoms with van der Waals surface area (Å²) in [5.74, 6) is -3.44. The summed E-state index contributed by atoms with van der Waals surface area (Å²) in [4.78, 5) is 55.6. The average molecular weight is 569 g/mol. The van der Waals surface area contributed by atoms with Crippen LogP contribution in [0.4, 0.5) is 5.69 Å². The highest BCUT2D eigenvalue weighted by Crippen LogP contribution is 2.61. The molecule has 0 spiro atoms. The molecule has 0 radical (unpaired) electrons. The molecule has 3 aromatic carbocycles. The van der Waals surface area contributed by atoms with Crippen molar-refractivity contribution < 1.29 is 33.4 Å².